The second-order valence-corrected chi connectivity index (χ2v) is 5.13. The van der Waals surface area contributed by atoms with Gasteiger partial charge in [0.05, 0.1) is 13.1 Å². The summed E-state index contributed by atoms with van der Waals surface area (Å²) in [5, 5.41) is 0. The topological polar surface area (TPSA) is 23.6 Å². The molecular weight excluding hydrogens is 212 g/mol. The van der Waals surface area contributed by atoms with Crippen molar-refractivity contribution in [1.82, 2.24) is 9.80 Å². The molecule has 1 aliphatic rings. The van der Waals surface area contributed by atoms with Crippen LogP contribution in [0.3, 0.4) is 0 Å². The SMILES string of the molecule is CC(C)N(CC#CCN1CCCC1=O)C(C)C. The molecule has 0 saturated carbocycles. The number of hydrogen-bond acceptors (Lipinski definition) is 2. The van der Waals surface area contributed by atoms with Crippen LogP contribution in [-0.2, 0) is 4.79 Å². The molecule has 0 spiro atoms. The number of carbonyl (C=O) groups excluding carboxylic acids is 1. The molecular formula is C14H24N2O. The Balaban J connectivity index is 2.36. The van der Waals surface area contributed by atoms with Crippen molar-refractivity contribution < 1.29 is 4.79 Å². The molecule has 1 aliphatic heterocycles. The molecule has 1 heterocycles. The molecule has 1 saturated heterocycles. The van der Waals surface area contributed by atoms with Crippen LogP contribution in [-0.4, -0.2) is 47.4 Å². The summed E-state index contributed by atoms with van der Waals surface area (Å²) in [7, 11) is 0. The predicted octanol–water partition coefficient (Wildman–Crippen LogP) is 1.73. The first kappa shape index (κ1) is 14.1. The van der Waals surface area contributed by atoms with Crippen LogP contribution in [0.1, 0.15) is 40.5 Å². The van der Waals surface area contributed by atoms with Crippen LogP contribution in [0.4, 0.5) is 0 Å². The molecule has 96 valence electrons. The van der Waals surface area contributed by atoms with Crippen LogP contribution in [0.25, 0.3) is 0 Å². The highest BCUT2D eigenvalue weighted by molar-refractivity contribution is 5.78. The van der Waals surface area contributed by atoms with Crippen molar-refractivity contribution >= 4 is 5.91 Å². The van der Waals surface area contributed by atoms with Gasteiger partial charge >= 0.3 is 0 Å². The molecule has 3 heteroatoms. The summed E-state index contributed by atoms with van der Waals surface area (Å²) in [6.45, 7) is 11.0. The number of hydrogen-bond donors (Lipinski definition) is 0. The Labute approximate surface area is 105 Å². The van der Waals surface area contributed by atoms with E-state index in [0.717, 1.165) is 19.5 Å². The summed E-state index contributed by atoms with van der Waals surface area (Å²) in [5.74, 6) is 6.54. The molecule has 0 aromatic carbocycles. The van der Waals surface area contributed by atoms with E-state index in [9.17, 15) is 4.79 Å². The third-order valence-corrected chi connectivity index (χ3v) is 3.15. The maximum Gasteiger partial charge on any atom is 0.223 e. The van der Waals surface area contributed by atoms with Gasteiger partial charge in [0.1, 0.15) is 0 Å². The molecule has 0 aliphatic carbocycles. The lowest BCUT2D eigenvalue weighted by atomic mass is 10.2. The molecule has 0 radical (unpaired) electrons. The molecule has 0 N–H and O–H groups in total. The van der Waals surface area contributed by atoms with E-state index < -0.39 is 0 Å². The first-order valence-corrected chi connectivity index (χ1v) is 6.51. The van der Waals surface area contributed by atoms with E-state index in [0.29, 0.717) is 25.0 Å². The first-order chi connectivity index (χ1) is 8.02. The minimum absolute atomic E-state index is 0.254. The van der Waals surface area contributed by atoms with Gasteiger partial charge in [0.2, 0.25) is 5.91 Å². The number of rotatable bonds is 4. The largest absolute Gasteiger partial charge is 0.332 e. The fourth-order valence-corrected chi connectivity index (χ4v) is 2.13. The fraction of sp³-hybridized carbons (Fsp3) is 0.786. The highest BCUT2D eigenvalue weighted by Gasteiger charge is 2.18. The molecule has 0 unspecified atom stereocenters. The Kier molecular flexibility index (Phi) is 5.50. The van der Waals surface area contributed by atoms with Crippen molar-refractivity contribution in [3.05, 3.63) is 0 Å². The van der Waals surface area contributed by atoms with Gasteiger partial charge in [-0.05, 0) is 34.1 Å². The third kappa shape index (κ3) is 4.40. The molecule has 17 heavy (non-hydrogen) atoms. The van der Waals surface area contributed by atoms with Crippen LogP contribution in [0.2, 0.25) is 0 Å². The molecule has 0 aromatic heterocycles. The van der Waals surface area contributed by atoms with Crippen LogP contribution < -0.4 is 0 Å². The zero-order chi connectivity index (χ0) is 12.8. The zero-order valence-corrected chi connectivity index (χ0v) is 11.5. The van der Waals surface area contributed by atoms with Gasteiger partial charge in [-0.25, -0.2) is 0 Å². The summed E-state index contributed by atoms with van der Waals surface area (Å²) in [4.78, 5) is 15.6. The Morgan fingerprint density at radius 2 is 1.88 bits per heavy atom. The average Bonchev–Trinajstić information content (AvgIpc) is 2.63. The van der Waals surface area contributed by atoms with Crippen LogP contribution in [0, 0.1) is 11.8 Å². The van der Waals surface area contributed by atoms with Crippen LogP contribution in [0.5, 0.6) is 0 Å². The molecule has 0 aromatic rings. The van der Waals surface area contributed by atoms with Gasteiger partial charge in [0.15, 0.2) is 0 Å². The summed E-state index contributed by atoms with van der Waals surface area (Å²) < 4.78 is 0. The molecule has 0 bridgehead atoms. The first-order valence-electron chi connectivity index (χ1n) is 6.51. The molecule has 0 atom stereocenters. The molecule has 1 fully saturated rings. The van der Waals surface area contributed by atoms with Gasteiger partial charge in [-0.1, -0.05) is 11.8 Å². The number of nitrogens with zero attached hydrogens (tertiary/aromatic N) is 2. The monoisotopic (exact) mass is 236 g/mol. The van der Waals surface area contributed by atoms with Gasteiger partial charge in [-0.2, -0.15) is 0 Å². The number of likely N-dealkylation sites (tertiary alicyclic amines) is 1. The number of carbonyl (C=O) groups is 1. The van der Waals surface area contributed by atoms with Crippen molar-refractivity contribution in [3.63, 3.8) is 0 Å². The van der Waals surface area contributed by atoms with E-state index in [1.807, 2.05) is 4.90 Å². The fourth-order valence-electron chi connectivity index (χ4n) is 2.13. The van der Waals surface area contributed by atoms with E-state index >= 15 is 0 Å². The highest BCUT2D eigenvalue weighted by atomic mass is 16.2. The quantitative estimate of drug-likeness (QED) is 0.694. The van der Waals surface area contributed by atoms with Crippen molar-refractivity contribution in [1.29, 1.82) is 0 Å². The van der Waals surface area contributed by atoms with Crippen molar-refractivity contribution in [2.45, 2.75) is 52.6 Å². The third-order valence-electron chi connectivity index (χ3n) is 3.15. The lowest BCUT2D eigenvalue weighted by Crippen LogP contribution is -2.37. The second-order valence-electron chi connectivity index (χ2n) is 5.13. The zero-order valence-electron chi connectivity index (χ0n) is 11.5. The van der Waals surface area contributed by atoms with Gasteiger partial charge in [-0.15, -0.1) is 0 Å². The summed E-state index contributed by atoms with van der Waals surface area (Å²) in [5.41, 5.74) is 0. The molecule has 1 amide bonds. The predicted molar refractivity (Wildman–Crippen MR) is 70.6 cm³/mol. The minimum atomic E-state index is 0.254. The Hall–Kier alpha value is -1.01. The lowest BCUT2D eigenvalue weighted by molar-refractivity contribution is -0.127. The smallest absolute Gasteiger partial charge is 0.223 e. The Bertz CT molecular complexity index is 304. The van der Waals surface area contributed by atoms with E-state index in [1.54, 1.807) is 0 Å². The Morgan fingerprint density at radius 3 is 2.35 bits per heavy atom. The van der Waals surface area contributed by atoms with Crippen molar-refractivity contribution in [2.24, 2.45) is 0 Å². The summed E-state index contributed by atoms with van der Waals surface area (Å²) >= 11 is 0. The minimum Gasteiger partial charge on any atom is -0.332 e. The van der Waals surface area contributed by atoms with E-state index in [1.165, 1.54) is 0 Å². The number of amides is 1. The van der Waals surface area contributed by atoms with Crippen LogP contribution >= 0.6 is 0 Å². The maximum absolute atomic E-state index is 11.4. The molecule has 3 nitrogen and oxygen atoms in total. The lowest BCUT2D eigenvalue weighted by Gasteiger charge is -2.28. The van der Waals surface area contributed by atoms with E-state index in [-0.39, 0.29) is 5.91 Å². The Morgan fingerprint density at radius 1 is 1.24 bits per heavy atom. The van der Waals surface area contributed by atoms with Gasteiger partial charge in [0, 0.05) is 25.0 Å². The summed E-state index contributed by atoms with van der Waals surface area (Å²) in [6.07, 6.45) is 1.69. The average molecular weight is 236 g/mol. The van der Waals surface area contributed by atoms with Gasteiger partial charge < -0.3 is 4.90 Å². The van der Waals surface area contributed by atoms with Crippen molar-refractivity contribution in [3.8, 4) is 11.8 Å². The summed E-state index contributed by atoms with van der Waals surface area (Å²) in [6, 6.07) is 1.02. The normalized spacial score (nSPS) is 15.9. The molecule has 1 rings (SSSR count). The van der Waals surface area contributed by atoms with E-state index in [2.05, 4.69) is 44.4 Å². The maximum atomic E-state index is 11.4. The van der Waals surface area contributed by atoms with Gasteiger partial charge in [0.25, 0.3) is 0 Å². The van der Waals surface area contributed by atoms with E-state index in [4.69, 9.17) is 0 Å². The van der Waals surface area contributed by atoms with Gasteiger partial charge in [-0.3, -0.25) is 9.69 Å². The highest BCUT2D eigenvalue weighted by Crippen LogP contribution is 2.08. The second kappa shape index (κ2) is 6.66. The van der Waals surface area contributed by atoms with Crippen LogP contribution in [0.15, 0.2) is 0 Å². The van der Waals surface area contributed by atoms with Crippen molar-refractivity contribution in [2.75, 3.05) is 19.6 Å². The standard InChI is InChI=1S/C14H24N2O/c1-12(2)16(13(3)4)11-6-5-9-15-10-7-8-14(15)17/h12-13H,7-11H2,1-4H3.